The van der Waals surface area contributed by atoms with Crippen molar-refractivity contribution in [3.8, 4) is 34.3 Å². The monoisotopic (exact) mass is 398 g/mol. The molecule has 8 nitrogen and oxygen atoms in total. The molecule has 29 heavy (non-hydrogen) atoms. The minimum absolute atomic E-state index is 0.0229. The van der Waals surface area contributed by atoms with Crippen LogP contribution in [0.2, 0.25) is 0 Å². The van der Waals surface area contributed by atoms with Crippen LogP contribution in [0.1, 0.15) is 0 Å². The first-order valence-corrected chi connectivity index (χ1v) is 8.80. The third kappa shape index (κ3) is 3.79. The van der Waals surface area contributed by atoms with Crippen molar-refractivity contribution >= 4 is 17.5 Å². The summed E-state index contributed by atoms with van der Waals surface area (Å²) >= 11 is 0. The summed E-state index contributed by atoms with van der Waals surface area (Å²) in [5, 5.41) is 2.93. The van der Waals surface area contributed by atoms with Gasteiger partial charge in [0, 0.05) is 23.4 Å². The van der Waals surface area contributed by atoms with E-state index in [0.717, 1.165) is 0 Å². The Morgan fingerprint density at radius 1 is 0.966 bits per heavy atom. The lowest BCUT2D eigenvalue weighted by Gasteiger charge is -2.19. The molecule has 2 heterocycles. The highest BCUT2D eigenvalue weighted by Gasteiger charge is 2.18. The lowest BCUT2D eigenvalue weighted by molar-refractivity contribution is 0.171. The van der Waals surface area contributed by atoms with Gasteiger partial charge in [-0.05, 0) is 24.3 Å². The van der Waals surface area contributed by atoms with Crippen molar-refractivity contribution in [2.24, 2.45) is 0 Å². The predicted molar refractivity (Wildman–Crippen MR) is 106 cm³/mol. The van der Waals surface area contributed by atoms with Crippen molar-refractivity contribution in [1.82, 2.24) is 9.97 Å². The van der Waals surface area contributed by atoms with E-state index in [1.165, 1.54) is 14.2 Å². The largest absolute Gasteiger partial charge is 0.497 e. The number of methoxy groups -OCH3 is 2. The Bertz CT molecular complexity index is 1040. The predicted octanol–water partition coefficient (Wildman–Crippen LogP) is 3.40. The van der Waals surface area contributed by atoms with E-state index < -0.39 is 5.82 Å². The normalized spacial score (nSPS) is 12.4. The van der Waals surface area contributed by atoms with Gasteiger partial charge >= 0.3 is 0 Å². The summed E-state index contributed by atoms with van der Waals surface area (Å²) in [4.78, 5) is 8.06. The molecule has 0 saturated carbocycles. The first kappa shape index (κ1) is 18.6. The Balaban J connectivity index is 1.72. The van der Waals surface area contributed by atoms with Gasteiger partial charge < -0.3 is 30.0 Å². The number of hydrogen-bond donors (Lipinski definition) is 2. The van der Waals surface area contributed by atoms with Crippen LogP contribution >= 0.6 is 0 Å². The number of ether oxygens (including phenoxy) is 4. The molecular weight excluding hydrogens is 379 g/mol. The summed E-state index contributed by atoms with van der Waals surface area (Å²) in [6.45, 7) is 0.942. The first-order chi connectivity index (χ1) is 14.1. The molecule has 0 unspecified atom stereocenters. The van der Waals surface area contributed by atoms with Crippen LogP contribution in [0.4, 0.5) is 21.8 Å². The third-order valence-electron chi connectivity index (χ3n) is 4.30. The van der Waals surface area contributed by atoms with Gasteiger partial charge in [-0.25, -0.2) is 9.37 Å². The Morgan fingerprint density at radius 3 is 2.34 bits per heavy atom. The number of halogens is 1. The fraction of sp³-hybridized carbons (Fsp3) is 0.200. The zero-order chi connectivity index (χ0) is 20.4. The van der Waals surface area contributed by atoms with E-state index in [1.807, 2.05) is 0 Å². The maximum Gasteiger partial charge on any atom is 0.222 e. The van der Waals surface area contributed by atoms with Crippen LogP contribution in [-0.4, -0.2) is 37.4 Å². The van der Waals surface area contributed by atoms with Gasteiger partial charge in [-0.1, -0.05) is 0 Å². The standard InChI is InChI=1S/C20H19FN4O4/c1-26-13-7-11(8-14(10-13)27-2)18-17(21)19(25-20(22)24-18)23-12-3-4-15-16(9-12)29-6-5-28-15/h3-4,7-10H,5-6H2,1-2H3,(H3,22,23,24,25). The molecule has 0 radical (unpaired) electrons. The van der Waals surface area contributed by atoms with E-state index in [4.69, 9.17) is 24.7 Å². The minimum Gasteiger partial charge on any atom is -0.497 e. The molecule has 0 fully saturated rings. The average molecular weight is 398 g/mol. The second-order valence-corrected chi connectivity index (χ2v) is 6.18. The van der Waals surface area contributed by atoms with Crippen LogP contribution in [0.3, 0.4) is 0 Å². The van der Waals surface area contributed by atoms with Gasteiger partial charge in [-0.3, -0.25) is 0 Å². The van der Waals surface area contributed by atoms with Crippen LogP contribution in [0.5, 0.6) is 23.0 Å². The summed E-state index contributed by atoms with van der Waals surface area (Å²) in [6, 6.07) is 10.1. The lowest BCUT2D eigenvalue weighted by atomic mass is 10.1. The lowest BCUT2D eigenvalue weighted by Crippen LogP contribution is -2.15. The van der Waals surface area contributed by atoms with Crippen LogP contribution in [0, 0.1) is 5.82 Å². The van der Waals surface area contributed by atoms with E-state index in [1.54, 1.807) is 36.4 Å². The zero-order valence-corrected chi connectivity index (χ0v) is 15.9. The van der Waals surface area contributed by atoms with Crippen molar-refractivity contribution in [2.75, 3.05) is 38.5 Å². The molecule has 3 aromatic rings. The average Bonchev–Trinajstić information content (AvgIpc) is 2.75. The number of hydrogen-bond acceptors (Lipinski definition) is 8. The van der Waals surface area contributed by atoms with Crippen LogP contribution < -0.4 is 30.0 Å². The maximum atomic E-state index is 15.3. The molecule has 1 aliphatic rings. The number of rotatable bonds is 5. The number of nitrogens with two attached hydrogens (primary N) is 1. The molecule has 2 aromatic carbocycles. The Morgan fingerprint density at radius 2 is 1.66 bits per heavy atom. The van der Waals surface area contributed by atoms with Crippen LogP contribution in [0.15, 0.2) is 36.4 Å². The highest BCUT2D eigenvalue weighted by molar-refractivity contribution is 5.71. The van der Waals surface area contributed by atoms with Gasteiger partial charge in [-0.15, -0.1) is 0 Å². The van der Waals surface area contributed by atoms with Crippen LogP contribution in [-0.2, 0) is 0 Å². The number of nitrogen functional groups attached to an aromatic ring is 1. The fourth-order valence-electron chi connectivity index (χ4n) is 2.94. The number of nitrogens with one attached hydrogen (secondary N) is 1. The molecule has 3 N–H and O–H groups in total. The van der Waals surface area contributed by atoms with Crippen molar-refractivity contribution in [3.05, 3.63) is 42.2 Å². The highest BCUT2D eigenvalue weighted by atomic mass is 19.1. The summed E-state index contributed by atoms with van der Waals surface area (Å²) in [6.07, 6.45) is 0. The molecule has 9 heteroatoms. The second-order valence-electron chi connectivity index (χ2n) is 6.18. The minimum atomic E-state index is -0.663. The van der Waals surface area contributed by atoms with Gasteiger partial charge in [-0.2, -0.15) is 4.98 Å². The Kier molecular flexibility index (Phi) is 4.94. The zero-order valence-electron chi connectivity index (χ0n) is 15.9. The molecule has 4 rings (SSSR count). The summed E-state index contributed by atoms with van der Waals surface area (Å²) in [7, 11) is 3.02. The van der Waals surface area contributed by atoms with E-state index in [0.29, 0.717) is 47.5 Å². The molecule has 1 aliphatic heterocycles. The molecule has 0 atom stereocenters. The van der Waals surface area contributed by atoms with Gasteiger partial charge in [0.1, 0.15) is 30.4 Å². The van der Waals surface area contributed by atoms with Gasteiger partial charge in [0.25, 0.3) is 0 Å². The van der Waals surface area contributed by atoms with E-state index >= 15 is 4.39 Å². The molecule has 150 valence electrons. The SMILES string of the molecule is COc1cc(OC)cc(-c2nc(N)nc(Nc3ccc4c(c3)OCCO4)c2F)c1. The van der Waals surface area contributed by atoms with E-state index in [2.05, 4.69) is 15.3 Å². The number of benzene rings is 2. The van der Waals surface area contributed by atoms with Gasteiger partial charge in [0.2, 0.25) is 5.95 Å². The second kappa shape index (κ2) is 7.70. The van der Waals surface area contributed by atoms with Gasteiger partial charge in [0.15, 0.2) is 23.1 Å². The van der Waals surface area contributed by atoms with Crippen molar-refractivity contribution < 1.29 is 23.3 Å². The van der Waals surface area contributed by atoms with Crippen molar-refractivity contribution in [1.29, 1.82) is 0 Å². The van der Waals surface area contributed by atoms with Crippen molar-refractivity contribution in [2.45, 2.75) is 0 Å². The molecule has 0 aliphatic carbocycles. The maximum absolute atomic E-state index is 15.3. The molecule has 0 bridgehead atoms. The molecule has 1 aromatic heterocycles. The molecule has 0 amide bonds. The number of fused-ring (bicyclic) bond motifs is 1. The molecule has 0 saturated heterocycles. The Hall–Kier alpha value is -3.75. The molecule has 0 spiro atoms. The summed E-state index contributed by atoms with van der Waals surface area (Å²) in [5.74, 6) is 1.39. The molecular formula is C20H19FN4O4. The Labute approximate surface area is 166 Å². The topological polar surface area (TPSA) is 101 Å². The van der Waals surface area contributed by atoms with Gasteiger partial charge in [0.05, 0.1) is 14.2 Å². The number of nitrogens with zero attached hydrogens (tertiary/aromatic N) is 2. The van der Waals surface area contributed by atoms with E-state index in [9.17, 15) is 0 Å². The smallest absolute Gasteiger partial charge is 0.222 e. The van der Waals surface area contributed by atoms with Crippen LogP contribution in [0.25, 0.3) is 11.3 Å². The number of aromatic nitrogens is 2. The third-order valence-corrected chi connectivity index (χ3v) is 4.30. The number of anilines is 3. The summed E-state index contributed by atoms with van der Waals surface area (Å²) in [5.41, 5.74) is 6.87. The van der Waals surface area contributed by atoms with Crippen molar-refractivity contribution in [3.63, 3.8) is 0 Å². The highest BCUT2D eigenvalue weighted by Crippen LogP contribution is 2.36. The first-order valence-electron chi connectivity index (χ1n) is 8.80. The quantitative estimate of drug-likeness (QED) is 0.674. The fourth-order valence-corrected chi connectivity index (χ4v) is 2.94. The summed E-state index contributed by atoms with van der Waals surface area (Å²) < 4.78 is 36.8. The van der Waals surface area contributed by atoms with E-state index in [-0.39, 0.29) is 17.5 Å².